The van der Waals surface area contributed by atoms with E-state index in [-0.39, 0.29) is 11.7 Å². The first-order chi connectivity index (χ1) is 7.09. The van der Waals surface area contributed by atoms with Gasteiger partial charge in [0.15, 0.2) is 4.67 Å². The summed E-state index contributed by atoms with van der Waals surface area (Å²) in [6.45, 7) is 1.57. The molecule has 0 unspecified atom stereocenters. The molecule has 2 aromatic rings. The van der Waals surface area contributed by atoms with E-state index < -0.39 is 5.97 Å². The summed E-state index contributed by atoms with van der Waals surface area (Å²) in [6, 6.07) is 1.64. The monoisotopic (exact) mass is 271 g/mol. The zero-order valence-electron chi connectivity index (χ0n) is 7.65. The lowest BCUT2D eigenvalue weighted by molar-refractivity contribution is 0.0662. The molecule has 0 amide bonds. The number of furan rings is 1. The molecule has 2 rings (SSSR count). The highest BCUT2D eigenvalue weighted by molar-refractivity contribution is 9.10. The highest BCUT2D eigenvalue weighted by Gasteiger charge is 2.19. The van der Waals surface area contributed by atoms with Crippen molar-refractivity contribution in [2.45, 2.75) is 6.92 Å². The van der Waals surface area contributed by atoms with Gasteiger partial charge in [0.2, 0.25) is 11.7 Å². The van der Waals surface area contributed by atoms with Gasteiger partial charge in [0.1, 0.15) is 0 Å². The van der Waals surface area contributed by atoms with E-state index in [2.05, 4.69) is 20.9 Å². The Kier molecular flexibility index (Phi) is 2.36. The Morgan fingerprint density at radius 2 is 2.33 bits per heavy atom. The molecule has 2 heterocycles. The van der Waals surface area contributed by atoms with Crippen LogP contribution in [0.4, 0.5) is 0 Å². The molecule has 0 saturated heterocycles. The van der Waals surface area contributed by atoms with Crippen LogP contribution in [0.2, 0.25) is 0 Å². The van der Waals surface area contributed by atoms with Crippen molar-refractivity contribution in [3.63, 3.8) is 0 Å². The van der Waals surface area contributed by atoms with Crippen molar-refractivity contribution in [3.8, 4) is 11.5 Å². The van der Waals surface area contributed by atoms with Gasteiger partial charge in [-0.3, -0.25) is 0 Å². The molecule has 0 atom stereocenters. The minimum Gasteiger partial charge on any atom is -0.475 e. The number of hydrogen-bond acceptors (Lipinski definition) is 4. The van der Waals surface area contributed by atoms with Crippen molar-refractivity contribution in [2.75, 3.05) is 0 Å². The average molecular weight is 272 g/mol. The van der Waals surface area contributed by atoms with Gasteiger partial charge in [0.25, 0.3) is 0 Å². The number of rotatable bonds is 2. The molecule has 0 spiro atoms. The molecule has 78 valence electrons. The molecule has 0 aromatic carbocycles. The van der Waals surface area contributed by atoms with Gasteiger partial charge in [-0.05, 0) is 28.9 Å². The quantitative estimate of drug-likeness (QED) is 0.909. The number of carboxylic acids is 1. The molecule has 0 bridgehead atoms. The predicted octanol–water partition coefficient (Wildman–Crippen LogP) is 2.70. The summed E-state index contributed by atoms with van der Waals surface area (Å²) in [6.07, 6.45) is 1.46. The third-order valence-electron chi connectivity index (χ3n) is 1.84. The maximum absolute atomic E-state index is 10.7. The third-order valence-corrected chi connectivity index (χ3v) is 2.45. The van der Waals surface area contributed by atoms with E-state index >= 15 is 0 Å². The number of aryl methyl sites for hydroxylation is 1. The smallest absolute Gasteiger partial charge is 0.373 e. The molecule has 5 nitrogen and oxygen atoms in total. The van der Waals surface area contributed by atoms with Crippen molar-refractivity contribution in [1.82, 2.24) is 4.98 Å². The van der Waals surface area contributed by atoms with Crippen molar-refractivity contribution >= 4 is 21.9 Å². The van der Waals surface area contributed by atoms with Crippen molar-refractivity contribution in [3.05, 3.63) is 28.5 Å². The molecule has 15 heavy (non-hydrogen) atoms. The Morgan fingerprint density at radius 3 is 2.80 bits per heavy atom. The second-order valence-electron chi connectivity index (χ2n) is 2.85. The standard InChI is InChI=1S/C9H6BrNO4/c1-4-6(9(12)13)15-8(11-4)5-2-3-14-7(5)10/h2-3H,1H3,(H,12,13). The number of nitrogens with zero attached hydrogens (tertiary/aromatic N) is 1. The number of halogens is 1. The van der Waals surface area contributed by atoms with E-state index in [0.717, 1.165) is 0 Å². The minimum atomic E-state index is -1.13. The fraction of sp³-hybridized carbons (Fsp3) is 0.111. The Labute approximate surface area is 92.8 Å². The van der Waals surface area contributed by atoms with Crippen LogP contribution < -0.4 is 0 Å². The number of aromatic nitrogens is 1. The van der Waals surface area contributed by atoms with Gasteiger partial charge in [-0.25, -0.2) is 9.78 Å². The highest BCUT2D eigenvalue weighted by Crippen LogP contribution is 2.29. The third kappa shape index (κ3) is 1.68. The van der Waals surface area contributed by atoms with Gasteiger partial charge >= 0.3 is 5.97 Å². The van der Waals surface area contributed by atoms with E-state index in [9.17, 15) is 4.79 Å². The van der Waals surface area contributed by atoms with Crippen LogP contribution >= 0.6 is 15.9 Å². The zero-order valence-corrected chi connectivity index (χ0v) is 9.24. The minimum absolute atomic E-state index is 0.155. The van der Waals surface area contributed by atoms with Crippen LogP contribution in [0.3, 0.4) is 0 Å². The van der Waals surface area contributed by atoms with Gasteiger partial charge in [-0.1, -0.05) is 0 Å². The fourth-order valence-corrected chi connectivity index (χ4v) is 1.57. The van der Waals surface area contributed by atoms with Crippen LogP contribution in [0.25, 0.3) is 11.5 Å². The van der Waals surface area contributed by atoms with E-state index in [1.54, 1.807) is 13.0 Å². The summed E-state index contributed by atoms with van der Waals surface area (Å²) in [5.41, 5.74) is 0.927. The molecule has 0 saturated carbocycles. The molecule has 0 fully saturated rings. The summed E-state index contributed by atoms with van der Waals surface area (Å²) in [5, 5.41) is 8.78. The second-order valence-corrected chi connectivity index (χ2v) is 3.57. The number of carboxylic acid groups (broad SMARTS) is 1. The molecule has 6 heteroatoms. The normalized spacial score (nSPS) is 10.5. The van der Waals surface area contributed by atoms with E-state index in [1.165, 1.54) is 6.26 Å². The Morgan fingerprint density at radius 1 is 1.60 bits per heavy atom. The van der Waals surface area contributed by atoms with Crippen LogP contribution in [0.1, 0.15) is 16.2 Å². The maximum Gasteiger partial charge on any atom is 0.373 e. The lowest BCUT2D eigenvalue weighted by Gasteiger charge is -1.88. The molecule has 0 aliphatic rings. The zero-order chi connectivity index (χ0) is 11.0. The van der Waals surface area contributed by atoms with Gasteiger partial charge < -0.3 is 13.9 Å². The van der Waals surface area contributed by atoms with Crippen LogP contribution in [-0.2, 0) is 0 Å². The summed E-state index contributed by atoms with van der Waals surface area (Å²) >= 11 is 3.16. The Bertz CT molecular complexity index is 514. The van der Waals surface area contributed by atoms with Crippen LogP contribution in [-0.4, -0.2) is 16.1 Å². The van der Waals surface area contributed by atoms with Crippen LogP contribution in [0, 0.1) is 6.92 Å². The van der Waals surface area contributed by atoms with Gasteiger partial charge in [-0.2, -0.15) is 0 Å². The lowest BCUT2D eigenvalue weighted by atomic mass is 10.3. The number of hydrogen-bond donors (Lipinski definition) is 1. The first-order valence-corrected chi connectivity index (χ1v) is 4.83. The molecular formula is C9H6BrNO4. The molecule has 0 aliphatic heterocycles. The topological polar surface area (TPSA) is 76.5 Å². The molecule has 1 N–H and O–H groups in total. The van der Waals surface area contributed by atoms with E-state index in [4.69, 9.17) is 13.9 Å². The van der Waals surface area contributed by atoms with E-state index in [0.29, 0.717) is 15.9 Å². The summed E-state index contributed by atoms with van der Waals surface area (Å²) in [4.78, 5) is 14.7. The Hall–Kier alpha value is -1.56. The number of carbonyl (C=O) groups is 1. The highest BCUT2D eigenvalue weighted by atomic mass is 79.9. The van der Waals surface area contributed by atoms with Crippen molar-refractivity contribution in [2.24, 2.45) is 0 Å². The van der Waals surface area contributed by atoms with Gasteiger partial charge in [0, 0.05) is 0 Å². The number of oxazole rings is 1. The fourth-order valence-electron chi connectivity index (χ4n) is 1.16. The summed E-state index contributed by atoms with van der Waals surface area (Å²) in [5.74, 6) is -1.06. The average Bonchev–Trinajstić information content (AvgIpc) is 2.71. The van der Waals surface area contributed by atoms with Gasteiger partial charge in [0.05, 0.1) is 17.5 Å². The first-order valence-electron chi connectivity index (χ1n) is 4.03. The number of aromatic carboxylic acids is 1. The molecular weight excluding hydrogens is 266 g/mol. The van der Waals surface area contributed by atoms with E-state index in [1.807, 2.05) is 0 Å². The SMILES string of the molecule is Cc1nc(-c2ccoc2Br)oc1C(=O)O. The molecule has 0 radical (unpaired) electrons. The van der Waals surface area contributed by atoms with Crippen LogP contribution in [0.15, 0.2) is 25.8 Å². The lowest BCUT2D eigenvalue weighted by Crippen LogP contribution is -1.95. The summed E-state index contributed by atoms with van der Waals surface area (Å²) < 4.78 is 10.6. The predicted molar refractivity (Wildman–Crippen MR) is 53.6 cm³/mol. The maximum atomic E-state index is 10.7. The van der Waals surface area contributed by atoms with Crippen molar-refractivity contribution < 1.29 is 18.7 Å². The van der Waals surface area contributed by atoms with Crippen LogP contribution in [0.5, 0.6) is 0 Å². The summed E-state index contributed by atoms with van der Waals surface area (Å²) in [7, 11) is 0. The second kappa shape index (κ2) is 3.54. The van der Waals surface area contributed by atoms with Gasteiger partial charge in [-0.15, -0.1) is 0 Å². The van der Waals surface area contributed by atoms with Crippen molar-refractivity contribution in [1.29, 1.82) is 0 Å². The largest absolute Gasteiger partial charge is 0.475 e. The molecule has 0 aliphatic carbocycles. The first kappa shape index (κ1) is 9.97. The Balaban J connectivity index is 2.52. The molecule has 2 aromatic heterocycles.